The van der Waals surface area contributed by atoms with E-state index in [0.29, 0.717) is 4.90 Å². The molecule has 180 valence electrons. The summed E-state index contributed by atoms with van der Waals surface area (Å²) < 4.78 is 54.5. The Bertz CT molecular complexity index is 1420. The summed E-state index contributed by atoms with van der Waals surface area (Å²) in [5, 5.41) is 20.6. The number of alkyl halides is 3. The minimum atomic E-state index is -4.78. The molecule has 0 saturated carbocycles. The van der Waals surface area contributed by atoms with E-state index in [-0.39, 0.29) is 33.6 Å². The number of amides is 2. The number of rotatable bonds is 4. The van der Waals surface area contributed by atoms with Gasteiger partial charge in [-0.1, -0.05) is 24.3 Å². The van der Waals surface area contributed by atoms with Crippen molar-refractivity contribution in [2.75, 3.05) is 11.9 Å². The Kier molecular flexibility index (Phi) is 6.41. The van der Waals surface area contributed by atoms with Crippen LogP contribution in [0.3, 0.4) is 0 Å². The molecule has 11 heteroatoms. The molecule has 2 heterocycles. The Labute approximate surface area is 202 Å². The molecule has 4 rings (SSSR count). The van der Waals surface area contributed by atoms with Crippen molar-refractivity contribution in [3.05, 3.63) is 94.6 Å². The molecule has 0 aliphatic carbocycles. The predicted octanol–water partition coefficient (Wildman–Crippen LogP) is 4.45. The van der Waals surface area contributed by atoms with Crippen LogP contribution in [-0.4, -0.2) is 34.4 Å². The van der Waals surface area contributed by atoms with Crippen LogP contribution in [0.1, 0.15) is 44.7 Å². The average Bonchev–Trinajstić information content (AvgIpc) is 2.86. The number of hydrogen-bond acceptors (Lipinski definition) is 5. The maximum atomic E-state index is 13.7. The van der Waals surface area contributed by atoms with E-state index in [2.05, 4.69) is 10.3 Å². The lowest BCUT2D eigenvalue weighted by molar-refractivity contribution is -0.148. The number of aromatic nitrogens is 1. The fourth-order valence-electron chi connectivity index (χ4n) is 4.17. The molecule has 2 atom stereocenters. The number of nitrogens with one attached hydrogen (secondary N) is 1. The van der Waals surface area contributed by atoms with E-state index in [9.17, 15) is 27.2 Å². The zero-order valence-corrected chi connectivity index (χ0v) is 18.3. The van der Waals surface area contributed by atoms with Crippen LogP contribution < -0.4 is 5.32 Å². The number of hydrogen-bond donors (Lipinski definition) is 1. The van der Waals surface area contributed by atoms with Gasteiger partial charge in [0, 0.05) is 17.4 Å². The molecule has 3 aromatic rings. The van der Waals surface area contributed by atoms with Gasteiger partial charge in [-0.15, -0.1) is 0 Å². The van der Waals surface area contributed by atoms with Crippen molar-refractivity contribution in [2.24, 2.45) is 0 Å². The first-order valence-electron chi connectivity index (χ1n) is 10.5. The summed E-state index contributed by atoms with van der Waals surface area (Å²) in [5.74, 6) is -3.84. The molecule has 36 heavy (non-hydrogen) atoms. The molecule has 1 aromatic heterocycles. The van der Waals surface area contributed by atoms with Gasteiger partial charge in [0.25, 0.3) is 5.91 Å². The number of nitrogens with zero attached hydrogens (tertiary/aromatic N) is 4. The molecule has 2 amide bonds. The number of carbonyl (C=O) groups excluding carboxylic acids is 2. The van der Waals surface area contributed by atoms with E-state index in [1.807, 2.05) is 0 Å². The summed E-state index contributed by atoms with van der Waals surface area (Å²) in [6.07, 6.45) is -3.63. The molecule has 1 aliphatic rings. The van der Waals surface area contributed by atoms with Crippen LogP contribution in [0.2, 0.25) is 0 Å². The SMILES string of the molecule is N#Cc1ccc([C@@H]2[C@@H](C(=O)Nc3ccc(F)c(C#N)c3)c3ccccc3C(=O)N2CC(F)(F)F)cn1. The topological polar surface area (TPSA) is 110 Å². The van der Waals surface area contributed by atoms with Gasteiger partial charge in [0.05, 0.1) is 17.5 Å². The lowest BCUT2D eigenvalue weighted by Gasteiger charge is -2.41. The first-order chi connectivity index (χ1) is 17.1. The van der Waals surface area contributed by atoms with E-state index in [0.717, 1.165) is 18.3 Å². The summed E-state index contributed by atoms with van der Waals surface area (Å²) in [5.41, 5.74) is -0.0602. The van der Waals surface area contributed by atoms with Crippen LogP contribution in [-0.2, 0) is 4.79 Å². The standard InChI is InChI=1S/C25H15F4N5O2/c26-20-8-7-16(9-15(20)10-30)33-23(35)21-18-3-1-2-4-19(18)24(36)34(13-25(27,28)29)22(21)14-5-6-17(11-31)32-12-14/h1-9,12,21-22H,13H2,(H,33,35)/t21-,22+/m0/s1. The van der Waals surface area contributed by atoms with Gasteiger partial charge in [0.15, 0.2) is 0 Å². The van der Waals surface area contributed by atoms with Gasteiger partial charge in [-0.2, -0.15) is 23.7 Å². The van der Waals surface area contributed by atoms with Gasteiger partial charge in [-0.25, -0.2) is 9.37 Å². The highest BCUT2D eigenvalue weighted by molar-refractivity contribution is 6.04. The lowest BCUT2D eigenvalue weighted by atomic mass is 9.79. The molecule has 0 unspecified atom stereocenters. The fourth-order valence-corrected chi connectivity index (χ4v) is 4.17. The summed E-state index contributed by atoms with van der Waals surface area (Å²) in [6, 6.07) is 13.8. The van der Waals surface area contributed by atoms with Crippen molar-refractivity contribution in [1.29, 1.82) is 10.5 Å². The van der Waals surface area contributed by atoms with Gasteiger partial charge in [-0.3, -0.25) is 9.59 Å². The van der Waals surface area contributed by atoms with Crippen molar-refractivity contribution in [3.63, 3.8) is 0 Å². The number of halogens is 4. The zero-order valence-electron chi connectivity index (χ0n) is 18.3. The molecule has 2 aromatic carbocycles. The Hall–Kier alpha value is -4.77. The second-order valence-electron chi connectivity index (χ2n) is 7.94. The fraction of sp³-hybridized carbons (Fsp3) is 0.160. The average molecular weight is 493 g/mol. The van der Waals surface area contributed by atoms with E-state index in [1.165, 1.54) is 36.4 Å². The molecule has 0 radical (unpaired) electrons. The summed E-state index contributed by atoms with van der Waals surface area (Å²) >= 11 is 0. The predicted molar refractivity (Wildman–Crippen MR) is 118 cm³/mol. The van der Waals surface area contributed by atoms with Crippen LogP contribution in [0.15, 0.2) is 60.8 Å². The number of pyridine rings is 1. The van der Waals surface area contributed by atoms with Crippen molar-refractivity contribution < 1.29 is 27.2 Å². The van der Waals surface area contributed by atoms with Crippen molar-refractivity contribution in [2.45, 2.75) is 18.1 Å². The Morgan fingerprint density at radius 3 is 2.47 bits per heavy atom. The summed E-state index contributed by atoms with van der Waals surface area (Å²) in [7, 11) is 0. The number of fused-ring (bicyclic) bond motifs is 1. The van der Waals surface area contributed by atoms with Gasteiger partial charge in [-0.05, 0) is 41.5 Å². The molecule has 0 saturated heterocycles. The van der Waals surface area contributed by atoms with Crippen molar-refractivity contribution >= 4 is 17.5 Å². The van der Waals surface area contributed by atoms with E-state index in [4.69, 9.17) is 10.5 Å². The molecule has 1 aliphatic heterocycles. The van der Waals surface area contributed by atoms with Crippen LogP contribution >= 0.6 is 0 Å². The Morgan fingerprint density at radius 1 is 1.08 bits per heavy atom. The highest BCUT2D eigenvalue weighted by Crippen LogP contribution is 2.44. The molecular weight excluding hydrogens is 478 g/mol. The van der Waals surface area contributed by atoms with Crippen LogP contribution in [0.5, 0.6) is 0 Å². The zero-order chi connectivity index (χ0) is 26.0. The van der Waals surface area contributed by atoms with Gasteiger partial charge in [0.1, 0.15) is 30.2 Å². The molecular formula is C25H15F4N5O2. The van der Waals surface area contributed by atoms with Gasteiger partial charge in [0.2, 0.25) is 5.91 Å². The van der Waals surface area contributed by atoms with Crippen LogP contribution in [0, 0.1) is 28.5 Å². The van der Waals surface area contributed by atoms with E-state index in [1.54, 1.807) is 18.2 Å². The first kappa shape index (κ1) is 24.4. The second-order valence-corrected chi connectivity index (χ2v) is 7.94. The van der Waals surface area contributed by atoms with E-state index >= 15 is 0 Å². The third-order valence-corrected chi connectivity index (χ3v) is 5.67. The lowest BCUT2D eigenvalue weighted by Crippen LogP contribution is -2.49. The molecule has 0 spiro atoms. The number of nitriles is 2. The highest BCUT2D eigenvalue weighted by Gasteiger charge is 2.47. The normalized spacial score (nSPS) is 17.1. The van der Waals surface area contributed by atoms with Crippen molar-refractivity contribution in [1.82, 2.24) is 9.88 Å². The molecule has 0 bridgehead atoms. The largest absolute Gasteiger partial charge is 0.406 e. The molecule has 7 nitrogen and oxygen atoms in total. The van der Waals surface area contributed by atoms with Crippen molar-refractivity contribution in [3.8, 4) is 12.1 Å². The van der Waals surface area contributed by atoms with E-state index < -0.39 is 42.3 Å². The van der Waals surface area contributed by atoms with Gasteiger partial charge < -0.3 is 10.2 Å². The minimum absolute atomic E-state index is 0.00000381. The second kappa shape index (κ2) is 9.47. The summed E-state index contributed by atoms with van der Waals surface area (Å²) in [6.45, 7) is -1.64. The van der Waals surface area contributed by atoms with Gasteiger partial charge >= 0.3 is 6.18 Å². The number of anilines is 1. The third kappa shape index (κ3) is 4.72. The quantitative estimate of drug-likeness (QED) is 0.540. The van der Waals surface area contributed by atoms with Crippen LogP contribution in [0.4, 0.5) is 23.2 Å². The highest BCUT2D eigenvalue weighted by atomic mass is 19.4. The summed E-state index contributed by atoms with van der Waals surface area (Å²) in [4.78, 5) is 31.2. The maximum Gasteiger partial charge on any atom is 0.406 e. The minimum Gasteiger partial charge on any atom is -0.325 e. The first-order valence-corrected chi connectivity index (χ1v) is 10.5. The maximum absolute atomic E-state index is 13.7. The van der Waals surface area contributed by atoms with Crippen LogP contribution in [0.25, 0.3) is 0 Å². The monoisotopic (exact) mass is 493 g/mol. The molecule has 0 fully saturated rings. The number of carbonyl (C=O) groups is 2. The molecule has 1 N–H and O–H groups in total. The Morgan fingerprint density at radius 2 is 1.83 bits per heavy atom. The Balaban J connectivity index is 1.86. The smallest absolute Gasteiger partial charge is 0.325 e. The number of benzene rings is 2. The third-order valence-electron chi connectivity index (χ3n) is 5.67.